The quantitative estimate of drug-likeness (QED) is 0.141. The maximum Gasteiger partial charge on any atom is 0.256 e. The molecular weight excluding hydrogens is 1190 g/mol. The Morgan fingerprint density at radius 1 is 0.245 bits per heavy atom. The summed E-state index contributed by atoms with van der Waals surface area (Å²) < 4.78 is 15.2. The zero-order chi connectivity index (χ0) is 68.9. The van der Waals surface area contributed by atoms with Crippen LogP contribution in [0, 0.1) is 0 Å². The molecule has 4 aliphatic heterocycles. The molecule has 0 bridgehead atoms. The third-order valence-corrected chi connectivity index (χ3v) is 20.8. The molecule has 0 amide bonds. The molecule has 4 aliphatic rings. The zero-order valence-electron chi connectivity index (χ0n) is 60.7. The van der Waals surface area contributed by atoms with Crippen LogP contribution in [0.25, 0.3) is 0 Å². The molecule has 0 atom stereocenters. The number of hydrogen-bond donors (Lipinski definition) is 0. The predicted octanol–water partition coefficient (Wildman–Crippen LogP) is 21.2. The molecule has 0 radical (unpaired) electrons. The molecule has 0 spiro atoms. The summed E-state index contributed by atoms with van der Waals surface area (Å²) in [4.78, 5) is 10.0. The second-order valence-electron chi connectivity index (χ2n) is 34.0. The van der Waals surface area contributed by atoms with Crippen LogP contribution in [-0.2, 0) is 32.5 Å². The summed E-state index contributed by atoms with van der Waals surface area (Å²) in [5.41, 5.74) is 26.7. The first-order valence-corrected chi connectivity index (χ1v) is 35.3. The van der Waals surface area contributed by atoms with Crippen molar-refractivity contribution in [2.45, 2.75) is 157 Å². The van der Waals surface area contributed by atoms with E-state index in [9.17, 15) is 0 Å². The van der Waals surface area contributed by atoms with E-state index >= 15 is 0 Å². The fourth-order valence-electron chi connectivity index (χ4n) is 15.2. The minimum absolute atomic E-state index is 0.0938. The molecule has 0 fully saturated rings. The Morgan fingerprint density at radius 3 is 0.857 bits per heavy atom. The van der Waals surface area contributed by atoms with Crippen molar-refractivity contribution in [2.24, 2.45) is 0 Å². The number of benzene rings is 11. The first-order chi connectivity index (χ1) is 46.4. The molecule has 0 saturated carbocycles. The summed E-state index contributed by atoms with van der Waals surface area (Å²) in [6.07, 6.45) is 0. The smallest absolute Gasteiger partial charge is 0.256 e. The lowest BCUT2D eigenvalue weighted by atomic mass is 9.30. The third kappa shape index (κ3) is 11.3. The summed E-state index contributed by atoms with van der Waals surface area (Å²) in [6.45, 7) is 41.0. The molecule has 0 aromatic heterocycles. The van der Waals surface area contributed by atoms with Crippen molar-refractivity contribution in [3.63, 3.8) is 0 Å². The van der Waals surface area contributed by atoms with Crippen molar-refractivity contribution in [2.75, 3.05) is 19.6 Å². The molecule has 6 nitrogen and oxygen atoms in total. The molecule has 11 aromatic carbocycles. The predicted molar refractivity (Wildman–Crippen MR) is 420 cm³/mol. The van der Waals surface area contributed by atoms with E-state index in [4.69, 9.17) is 9.47 Å². The molecule has 11 aromatic rings. The van der Waals surface area contributed by atoms with Gasteiger partial charge in [-0.3, -0.25) is 0 Å². The van der Waals surface area contributed by atoms with Crippen LogP contribution in [0.5, 0.6) is 23.0 Å². The lowest BCUT2D eigenvalue weighted by Gasteiger charge is -2.45. The average Bonchev–Trinajstić information content (AvgIpc) is 0.690. The Labute approximate surface area is 584 Å². The molecule has 4 heterocycles. The molecule has 0 saturated heterocycles. The van der Waals surface area contributed by atoms with E-state index in [-0.39, 0.29) is 45.9 Å². The molecule has 490 valence electrons. The Bertz CT molecular complexity index is 4550. The van der Waals surface area contributed by atoms with Crippen molar-refractivity contribution in [1.82, 2.24) is 0 Å². The van der Waals surface area contributed by atoms with Crippen LogP contribution >= 0.6 is 0 Å². The van der Waals surface area contributed by atoms with Crippen molar-refractivity contribution < 1.29 is 9.47 Å². The van der Waals surface area contributed by atoms with Crippen molar-refractivity contribution in [3.8, 4) is 23.0 Å². The number of anilines is 12. The first-order valence-electron chi connectivity index (χ1n) is 35.3. The minimum atomic E-state index is -0.216. The summed E-state index contributed by atoms with van der Waals surface area (Å²) in [6, 6.07) is 87.4. The van der Waals surface area contributed by atoms with Crippen LogP contribution in [0.15, 0.2) is 231 Å². The SMILES string of the molecule is CC(C)(C)c1cccc(N(c2cccc(C(C)(C)C)c2)c2cc3c4c(c2)N(c2ccccc2)c2cc5c(cc2B4c2ccc(C(C)(C)C)cc2O3)B2c3ccc(C(C)(C)C)cc3Oc3cc(N(c4cccc(C(C)(C)C)c4)c4cccc(C(C)(C)C)c4)cc(c32)N5c2ccccc2)c1. The topological polar surface area (TPSA) is 31.4 Å². The van der Waals surface area contributed by atoms with Gasteiger partial charge < -0.3 is 29.1 Å². The molecule has 15 rings (SSSR count). The number of ether oxygens (including phenoxy) is 2. The Balaban J connectivity index is 1.05. The van der Waals surface area contributed by atoms with Crippen LogP contribution < -0.4 is 61.9 Å². The maximum atomic E-state index is 7.62. The van der Waals surface area contributed by atoms with Crippen LogP contribution in [0.3, 0.4) is 0 Å². The van der Waals surface area contributed by atoms with Gasteiger partial charge in [-0.2, -0.15) is 0 Å². The third-order valence-electron chi connectivity index (χ3n) is 20.8. The molecule has 0 unspecified atom stereocenters. The van der Waals surface area contributed by atoms with Gasteiger partial charge in [0.1, 0.15) is 23.0 Å². The van der Waals surface area contributed by atoms with Crippen molar-refractivity contribution >= 4 is 114 Å². The van der Waals surface area contributed by atoms with E-state index in [0.717, 1.165) is 113 Å². The van der Waals surface area contributed by atoms with Gasteiger partial charge in [0.05, 0.1) is 11.4 Å². The normalized spacial score (nSPS) is 13.9. The molecular formula is C90H92B2N4O2. The van der Waals surface area contributed by atoms with E-state index < -0.39 is 0 Å². The highest BCUT2D eigenvalue weighted by atomic mass is 16.5. The number of rotatable bonds is 8. The van der Waals surface area contributed by atoms with Gasteiger partial charge in [0, 0.05) is 69.0 Å². The lowest BCUT2D eigenvalue weighted by molar-refractivity contribution is 0.483. The Morgan fingerprint density at radius 2 is 0.551 bits per heavy atom. The molecule has 0 aliphatic carbocycles. The van der Waals surface area contributed by atoms with Gasteiger partial charge in [-0.25, -0.2) is 0 Å². The van der Waals surface area contributed by atoms with Gasteiger partial charge in [-0.1, -0.05) is 240 Å². The van der Waals surface area contributed by atoms with Gasteiger partial charge in [-0.15, -0.1) is 0 Å². The van der Waals surface area contributed by atoms with Gasteiger partial charge in [-0.05, 0) is 202 Å². The first kappa shape index (κ1) is 64.4. The highest BCUT2D eigenvalue weighted by Crippen LogP contribution is 2.52. The van der Waals surface area contributed by atoms with E-state index in [1.54, 1.807) is 0 Å². The summed E-state index contributed by atoms with van der Waals surface area (Å²) in [5, 5.41) is 0. The molecule has 98 heavy (non-hydrogen) atoms. The van der Waals surface area contributed by atoms with Crippen molar-refractivity contribution in [1.29, 1.82) is 0 Å². The standard InChI is InChI=1S/C90H92B2N4O2/c1-85(2,3)57-29-25-37-65(45-57)93(66-38-26-30-58(46-66)86(4,5)6)69-51-77-83-81(53-69)97-79-49-61(89(13,14)15)41-43-71(79)91(83)73-55-74-76(56-75(73)95(77)63-33-21-19-22-34-63)96(64-35-23-20-24-36-64)78-52-70(54-82-84(78)92(74)72-44-42-62(90(16,17)18)50-80(72)98-82)94(67-39-27-31-59(47-67)87(7,8)9)68-40-28-32-60(48-68)88(10,11)12/h19-56H,1-18H3. The fourth-order valence-corrected chi connectivity index (χ4v) is 15.2. The molecule has 0 N–H and O–H groups in total. The highest BCUT2D eigenvalue weighted by Gasteiger charge is 2.48. The van der Waals surface area contributed by atoms with Crippen LogP contribution in [-0.4, -0.2) is 13.4 Å². The lowest BCUT2D eigenvalue weighted by Crippen LogP contribution is -2.63. The monoisotopic (exact) mass is 1280 g/mol. The van der Waals surface area contributed by atoms with Gasteiger partial charge in [0.25, 0.3) is 13.4 Å². The molecule has 8 heteroatoms. The second-order valence-corrected chi connectivity index (χ2v) is 34.0. The Hall–Kier alpha value is -9.65. The summed E-state index contributed by atoms with van der Waals surface area (Å²) in [7, 11) is 0. The number of hydrogen-bond acceptors (Lipinski definition) is 6. The van der Waals surface area contributed by atoms with Gasteiger partial charge in [0.15, 0.2) is 0 Å². The van der Waals surface area contributed by atoms with E-state index in [1.165, 1.54) is 44.3 Å². The van der Waals surface area contributed by atoms with Crippen LogP contribution in [0.1, 0.15) is 158 Å². The number of para-hydroxylation sites is 2. The van der Waals surface area contributed by atoms with E-state index in [1.807, 2.05) is 0 Å². The average molecular weight is 1280 g/mol. The highest BCUT2D eigenvalue weighted by molar-refractivity contribution is 7.02. The largest absolute Gasteiger partial charge is 0.458 e. The number of nitrogens with zero attached hydrogens (tertiary/aromatic N) is 4. The summed E-state index contributed by atoms with van der Waals surface area (Å²) >= 11 is 0. The Kier molecular flexibility index (Phi) is 15.1. The van der Waals surface area contributed by atoms with E-state index in [2.05, 4.69) is 375 Å². The zero-order valence-corrected chi connectivity index (χ0v) is 60.7. The summed E-state index contributed by atoms with van der Waals surface area (Å²) in [5.74, 6) is 3.46. The van der Waals surface area contributed by atoms with E-state index in [0.29, 0.717) is 0 Å². The second kappa shape index (κ2) is 23.0. The fraction of sp³-hybridized carbons (Fsp3) is 0.267. The van der Waals surface area contributed by atoms with Gasteiger partial charge in [0.2, 0.25) is 0 Å². The maximum absolute atomic E-state index is 7.62. The minimum Gasteiger partial charge on any atom is -0.458 e. The van der Waals surface area contributed by atoms with Crippen LogP contribution in [0.2, 0.25) is 0 Å². The van der Waals surface area contributed by atoms with Gasteiger partial charge >= 0.3 is 0 Å². The van der Waals surface area contributed by atoms with Crippen LogP contribution in [0.4, 0.5) is 68.2 Å². The number of fused-ring (bicyclic) bond motifs is 8. The van der Waals surface area contributed by atoms with Crippen molar-refractivity contribution in [3.05, 3.63) is 264 Å².